The Balaban J connectivity index is 2.52. The molecule has 0 aliphatic carbocycles. The standard InChI is InChI=1S/C17H25NO6S/c1-12-9-15(24-2)10-13(6-7-16(20)21)17(12)25(22,23)18-8-4-3-5-14(18)11-19/h9-10,14,19H,3-8,11H2,1-2H3,(H,20,21)/t14-/m0/s1. The second kappa shape index (κ2) is 8.16. The topological polar surface area (TPSA) is 104 Å². The molecule has 25 heavy (non-hydrogen) atoms. The quantitative estimate of drug-likeness (QED) is 0.754. The van der Waals surface area contributed by atoms with Gasteiger partial charge in [0.1, 0.15) is 5.75 Å². The van der Waals surface area contributed by atoms with Gasteiger partial charge in [-0.25, -0.2) is 8.42 Å². The van der Waals surface area contributed by atoms with E-state index >= 15 is 0 Å². The Bertz CT molecular complexity index is 731. The molecule has 2 rings (SSSR count). The minimum atomic E-state index is -3.83. The molecule has 1 atom stereocenters. The van der Waals surface area contributed by atoms with E-state index in [1.807, 2.05) is 0 Å². The van der Waals surface area contributed by atoms with Crippen LogP contribution in [0.2, 0.25) is 0 Å². The maximum atomic E-state index is 13.3. The minimum absolute atomic E-state index is 0.0968. The molecule has 0 bridgehead atoms. The number of carboxylic acids is 1. The van der Waals surface area contributed by atoms with Crippen molar-refractivity contribution in [2.45, 2.75) is 50.0 Å². The monoisotopic (exact) mass is 371 g/mol. The smallest absolute Gasteiger partial charge is 0.303 e. The van der Waals surface area contributed by atoms with Crippen molar-refractivity contribution in [1.82, 2.24) is 4.31 Å². The number of ether oxygens (including phenoxy) is 1. The van der Waals surface area contributed by atoms with Crippen LogP contribution in [0.25, 0.3) is 0 Å². The zero-order valence-corrected chi connectivity index (χ0v) is 15.4. The summed E-state index contributed by atoms with van der Waals surface area (Å²) in [4.78, 5) is 11.1. The summed E-state index contributed by atoms with van der Waals surface area (Å²) in [7, 11) is -2.35. The first-order valence-corrected chi connectivity index (χ1v) is 9.77. The zero-order chi connectivity index (χ0) is 18.6. The number of aryl methyl sites for hydroxylation is 2. The van der Waals surface area contributed by atoms with Crippen molar-refractivity contribution in [3.8, 4) is 5.75 Å². The third kappa shape index (κ3) is 4.31. The Hall–Kier alpha value is -1.64. The maximum absolute atomic E-state index is 13.3. The third-order valence-electron chi connectivity index (χ3n) is 4.52. The highest BCUT2D eigenvalue weighted by molar-refractivity contribution is 7.89. The molecule has 1 saturated heterocycles. The van der Waals surface area contributed by atoms with Crippen molar-refractivity contribution in [1.29, 1.82) is 0 Å². The first-order chi connectivity index (χ1) is 11.8. The fourth-order valence-electron chi connectivity index (χ4n) is 3.32. The summed E-state index contributed by atoms with van der Waals surface area (Å²) in [6, 6.07) is 2.78. The first kappa shape index (κ1) is 19.7. The molecular weight excluding hydrogens is 346 g/mol. The van der Waals surface area contributed by atoms with Crippen molar-refractivity contribution in [2.75, 3.05) is 20.3 Å². The molecule has 1 aromatic carbocycles. The van der Waals surface area contributed by atoms with Crippen molar-refractivity contribution in [3.05, 3.63) is 23.3 Å². The number of sulfonamides is 1. The molecule has 0 unspecified atom stereocenters. The predicted octanol–water partition coefficient (Wildman–Crippen LogP) is 1.56. The van der Waals surface area contributed by atoms with E-state index in [9.17, 15) is 18.3 Å². The lowest BCUT2D eigenvalue weighted by Gasteiger charge is -2.34. The Kier molecular flexibility index (Phi) is 6.42. The van der Waals surface area contributed by atoms with Crippen molar-refractivity contribution >= 4 is 16.0 Å². The van der Waals surface area contributed by atoms with Crippen LogP contribution in [0.15, 0.2) is 17.0 Å². The number of hydrogen-bond donors (Lipinski definition) is 2. The molecule has 1 fully saturated rings. The number of carboxylic acid groups (broad SMARTS) is 1. The van der Waals surface area contributed by atoms with Gasteiger partial charge in [0.25, 0.3) is 0 Å². The first-order valence-electron chi connectivity index (χ1n) is 8.33. The van der Waals surface area contributed by atoms with Gasteiger partial charge in [0.15, 0.2) is 0 Å². The van der Waals surface area contributed by atoms with E-state index in [2.05, 4.69) is 0 Å². The SMILES string of the molecule is COc1cc(C)c(S(=O)(=O)N2CCCC[C@H]2CO)c(CCC(=O)O)c1. The van der Waals surface area contributed by atoms with E-state index in [-0.39, 0.29) is 24.3 Å². The number of rotatable bonds is 7. The van der Waals surface area contributed by atoms with E-state index < -0.39 is 22.0 Å². The molecule has 0 saturated carbocycles. The third-order valence-corrected chi connectivity index (χ3v) is 6.72. The highest BCUT2D eigenvalue weighted by Gasteiger charge is 2.35. The van der Waals surface area contributed by atoms with E-state index in [4.69, 9.17) is 9.84 Å². The molecule has 8 heteroatoms. The van der Waals surface area contributed by atoms with Gasteiger partial charge in [-0.2, -0.15) is 4.31 Å². The summed E-state index contributed by atoms with van der Waals surface area (Å²) in [5.41, 5.74) is 0.948. The Morgan fingerprint density at radius 2 is 2.08 bits per heavy atom. The van der Waals surface area contributed by atoms with E-state index in [1.165, 1.54) is 11.4 Å². The Morgan fingerprint density at radius 3 is 2.68 bits per heavy atom. The second-order valence-electron chi connectivity index (χ2n) is 6.27. The fourth-order valence-corrected chi connectivity index (χ4v) is 5.44. The summed E-state index contributed by atoms with van der Waals surface area (Å²) in [6.45, 7) is 1.81. The van der Waals surface area contributed by atoms with Crippen LogP contribution >= 0.6 is 0 Å². The highest BCUT2D eigenvalue weighted by Crippen LogP contribution is 2.32. The van der Waals surface area contributed by atoms with Gasteiger partial charge in [0, 0.05) is 19.0 Å². The number of aliphatic carboxylic acids is 1. The van der Waals surface area contributed by atoms with Crippen molar-refractivity contribution in [3.63, 3.8) is 0 Å². The molecule has 0 radical (unpaired) electrons. The lowest BCUT2D eigenvalue weighted by Crippen LogP contribution is -2.45. The van der Waals surface area contributed by atoms with Crippen LogP contribution in [-0.2, 0) is 21.2 Å². The van der Waals surface area contributed by atoms with Crippen LogP contribution in [0, 0.1) is 6.92 Å². The van der Waals surface area contributed by atoms with Gasteiger partial charge in [0.2, 0.25) is 10.0 Å². The van der Waals surface area contributed by atoms with Gasteiger partial charge in [0.05, 0.1) is 18.6 Å². The lowest BCUT2D eigenvalue weighted by molar-refractivity contribution is -0.136. The molecule has 0 amide bonds. The zero-order valence-electron chi connectivity index (χ0n) is 14.6. The van der Waals surface area contributed by atoms with Crippen molar-refractivity contribution < 1.29 is 28.2 Å². The fraction of sp³-hybridized carbons (Fsp3) is 0.588. The number of methoxy groups -OCH3 is 1. The van der Waals surface area contributed by atoms with E-state index in [0.29, 0.717) is 29.8 Å². The van der Waals surface area contributed by atoms with Gasteiger partial charge in [-0.05, 0) is 49.4 Å². The maximum Gasteiger partial charge on any atom is 0.303 e. The molecule has 1 aromatic rings. The van der Waals surface area contributed by atoms with Crippen LogP contribution in [0.4, 0.5) is 0 Å². The highest BCUT2D eigenvalue weighted by atomic mass is 32.2. The van der Waals surface area contributed by atoms with Crippen LogP contribution in [-0.4, -0.2) is 55.2 Å². The van der Waals surface area contributed by atoms with Gasteiger partial charge < -0.3 is 14.9 Å². The molecule has 1 heterocycles. The molecule has 1 aliphatic rings. The van der Waals surface area contributed by atoms with Crippen LogP contribution < -0.4 is 4.74 Å². The summed E-state index contributed by atoms with van der Waals surface area (Å²) in [5, 5.41) is 18.5. The van der Waals surface area contributed by atoms with Crippen LogP contribution in [0.1, 0.15) is 36.8 Å². The van der Waals surface area contributed by atoms with Gasteiger partial charge in [-0.1, -0.05) is 6.42 Å². The molecule has 0 spiro atoms. The van der Waals surface area contributed by atoms with Crippen LogP contribution in [0.3, 0.4) is 0 Å². The molecule has 140 valence electrons. The van der Waals surface area contributed by atoms with Gasteiger partial charge >= 0.3 is 5.97 Å². The predicted molar refractivity (Wildman–Crippen MR) is 92.3 cm³/mol. The lowest BCUT2D eigenvalue weighted by atomic mass is 10.1. The minimum Gasteiger partial charge on any atom is -0.497 e. The van der Waals surface area contributed by atoms with Crippen LogP contribution in [0.5, 0.6) is 5.75 Å². The summed E-state index contributed by atoms with van der Waals surface area (Å²) >= 11 is 0. The summed E-state index contributed by atoms with van der Waals surface area (Å²) in [6.07, 6.45) is 2.17. The molecule has 0 aromatic heterocycles. The molecule has 7 nitrogen and oxygen atoms in total. The number of benzene rings is 1. The second-order valence-corrected chi connectivity index (χ2v) is 8.10. The number of piperidine rings is 1. The van der Waals surface area contributed by atoms with Gasteiger partial charge in [-0.3, -0.25) is 4.79 Å². The number of nitrogens with zero attached hydrogens (tertiary/aromatic N) is 1. The molecular formula is C17H25NO6S. The summed E-state index contributed by atoms with van der Waals surface area (Å²) in [5.74, 6) is -0.496. The molecule has 2 N–H and O–H groups in total. The van der Waals surface area contributed by atoms with E-state index in [0.717, 1.165) is 12.8 Å². The Morgan fingerprint density at radius 1 is 1.36 bits per heavy atom. The number of hydrogen-bond acceptors (Lipinski definition) is 5. The number of carbonyl (C=O) groups is 1. The average molecular weight is 371 g/mol. The molecule has 1 aliphatic heterocycles. The van der Waals surface area contributed by atoms with Crippen molar-refractivity contribution in [2.24, 2.45) is 0 Å². The summed E-state index contributed by atoms with van der Waals surface area (Å²) < 4.78 is 33.1. The largest absolute Gasteiger partial charge is 0.497 e. The Labute approximate surface area is 148 Å². The average Bonchev–Trinajstić information content (AvgIpc) is 2.58. The van der Waals surface area contributed by atoms with Gasteiger partial charge in [-0.15, -0.1) is 0 Å². The normalized spacial score (nSPS) is 18.9. The number of aliphatic hydroxyl groups is 1. The number of aliphatic hydroxyl groups excluding tert-OH is 1. The van der Waals surface area contributed by atoms with E-state index in [1.54, 1.807) is 19.1 Å².